The van der Waals surface area contributed by atoms with Crippen molar-refractivity contribution < 1.29 is 9.53 Å². The molecule has 0 heterocycles. The van der Waals surface area contributed by atoms with E-state index in [0.717, 1.165) is 16.2 Å². The van der Waals surface area contributed by atoms with Gasteiger partial charge in [-0.15, -0.1) is 11.8 Å². The lowest BCUT2D eigenvalue weighted by Crippen LogP contribution is -2.13. The van der Waals surface area contributed by atoms with Crippen LogP contribution in [0, 0.1) is 11.3 Å². The van der Waals surface area contributed by atoms with Crippen LogP contribution in [0.3, 0.4) is 0 Å². The highest BCUT2D eigenvalue weighted by molar-refractivity contribution is 7.99. The second-order valence-corrected chi connectivity index (χ2v) is 7.10. The lowest BCUT2D eigenvalue weighted by Gasteiger charge is -2.13. The summed E-state index contributed by atoms with van der Waals surface area (Å²) in [5, 5.41) is 11.8. The van der Waals surface area contributed by atoms with Crippen LogP contribution in [0.1, 0.15) is 21.5 Å². The number of hydrogen-bond acceptors (Lipinski definition) is 4. The maximum atomic E-state index is 12.8. The lowest BCUT2D eigenvalue weighted by atomic mass is 10.0. The van der Waals surface area contributed by atoms with E-state index >= 15 is 0 Å². The van der Waals surface area contributed by atoms with Crippen molar-refractivity contribution in [2.24, 2.45) is 0 Å². The zero-order chi connectivity index (χ0) is 19.8. The van der Waals surface area contributed by atoms with E-state index in [1.54, 1.807) is 13.2 Å². The number of nitriles is 1. The monoisotopic (exact) mass is 388 g/mol. The highest BCUT2D eigenvalue weighted by atomic mass is 32.2. The number of carbonyl (C=O) groups excluding carboxylic acids is 1. The third-order valence-electron chi connectivity index (χ3n) is 4.20. The molecule has 0 aliphatic rings. The van der Waals surface area contributed by atoms with Gasteiger partial charge in [0.25, 0.3) is 5.91 Å². The molecule has 0 radical (unpaired) electrons. The molecule has 0 aliphatic carbocycles. The molecule has 0 spiro atoms. The third-order valence-corrected chi connectivity index (χ3v) is 5.14. The average molecular weight is 388 g/mol. The second-order valence-electron chi connectivity index (χ2n) is 6.09. The van der Waals surface area contributed by atoms with Gasteiger partial charge in [0.15, 0.2) is 0 Å². The minimum absolute atomic E-state index is 0.197. The van der Waals surface area contributed by atoms with Gasteiger partial charge in [0, 0.05) is 22.6 Å². The highest BCUT2D eigenvalue weighted by Crippen LogP contribution is 2.27. The zero-order valence-corrected chi connectivity index (χ0v) is 16.3. The number of rotatable bonds is 7. The van der Waals surface area contributed by atoms with Crippen molar-refractivity contribution in [2.75, 3.05) is 18.2 Å². The van der Waals surface area contributed by atoms with Crippen LogP contribution in [0.15, 0.2) is 77.7 Å². The summed E-state index contributed by atoms with van der Waals surface area (Å²) in [6.45, 7) is 0. The molecule has 0 saturated carbocycles. The molecular formula is C23H20N2O2S. The number of anilines is 1. The van der Waals surface area contributed by atoms with Crippen LogP contribution in [0.4, 0.5) is 5.69 Å². The van der Waals surface area contributed by atoms with Gasteiger partial charge in [-0.05, 0) is 35.9 Å². The van der Waals surface area contributed by atoms with Crippen molar-refractivity contribution in [3.8, 4) is 11.8 Å². The second kappa shape index (κ2) is 9.63. The largest absolute Gasteiger partial charge is 0.496 e. The molecule has 5 heteroatoms. The van der Waals surface area contributed by atoms with E-state index in [0.29, 0.717) is 23.4 Å². The van der Waals surface area contributed by atoms with E-state index in [-0.39, 0.29) is 5.91 Å². The Balaban J connectivity index is 1.82. The van der Waals surface area contributed by atoms with Gasteiger partial charge in [0.05, 0.1) is 24.5 Å². The fourth-order valence-electron chi connectivity index (χ4n) is 2.90. The van der Waals surface area contributed by atoms with E-state index in [1.807, 2.05) is 54.6 Å². The Bertz CT molecular complexity index is 997. The predicted molar refractivity (Wildman–Crippen MR) is 113 cm³/mol. The minimum atomic E-state index is -0.197. The number of amides is 1. The fourth-order valence-corrected chi connectivity index (χ4v) is 3.61. The number of nitrogens with one attached hydrogen (secondary N) is 1. The molecular weight excluding hydrogens is 368 g/mol. The Morgan fingerprint density at radius 2 is 1.82 bits per heavy atom. The molecule has 140 valence electrons. The van der Waals surface area contributed by atoms with Gasteiger partial charge in [-0.3, -0.25) is 4.79 Å². The number of benzene rings is 3. The first kappa shape index (κ1) is 19.5. The summed E-state index contributed by atoms with van der Waals surface area (Å²) in [5.74, 6) is 0.886. The first-order valence-electron chi connectivity index (χ1n) is 8.82. The maximum absolute atomic E-state index is 12.8. The molecule has 0 atom stereocenters. The fraction of sp³-hybridized carbons (Fsp3) is 0.130. The number of methoxy groups -OCH3 is 1. The Hall–Kier alpha value is -3.23. The van der Waals surface area contributed by atoms with Gasteiger partial charge in [-0.1, -0.05) is 42.5 Å². The Morgan fingerprint density at radius 3 is 2.57 bits per heavy atom. The van der Waals surface area contributed by atoms with Crippen LogP contribution < -0.4 is 10.1 Å². The van der Waals surface area contributed by atoms with E-state index < -0.39 is 0 Å². The molecule has 3 aromatic rings. The quantitative estimate of drug-likeness (QED) is 0.568. The van der Waals surface area contributed by atoms with Crippen molar-refractivity contribution in [3.63, 3.8) is 0 Å². The van der Waals surface area contributed by atoms with Gasteiger partial charge in [0.2, 0.25) is 0 Å². The molecule has 0 fully saturated rings. The summed E-state index contributed by atoms with van der Waals surface area (Å²) in [7, 11) is 1.64. The molecule has 4 nitrogen and oxygen atoms in total. The predicted octanol–water partition coefficient (Wildman–Crippen LogP) is 5.15. The Labute approximate surface area is 169 Å². The molecule has 28 heavy (non-hydrogen) atoms. The summed E-state index contributed by atoms with van der Waals surface area (Å²) in [6.07, 6.45) is 0.711. The summed E-state index contributed by atoms with van der Waals surface area (Å²) in [5.41, 5.74) is 3.43. The first-order valence-corrected chi connectivity index (χ1v) is 9.81. The van der Waals surface area contributed by atoms with Gasteiger partial charge in [-0.25, -0.2) is 0 Å². The minimum Gasteiger partial charge on any atom is -0.496 e. The maximum Gasteiger partial charge on any atom is 0.256 e. The van der Waals surface area contributed by atoms with Crippen molar-refractivity contribution in [3.05, 3.63) is 89.5 Å². The smallest absolute Gasteiger partial charge is 0.256 e. The van der Waals surface area contributed by atoms with Crippen LogP contribution in [0.25, 0.3) is 0 Å². The summed E-state index contributed by atoms with van der Waals surface area (Å²) in [6, 6.07) is 25.1. The molecule has 0 unspecified atom stereocenters. The number of hydrogen-bond donors (Lipinski definition) is 1. The third kappa shape index (κ3) is 4.93. The molecule has 0 aliphatic heterocycles. The molecule has 1 N–H and O–H groups in total. The molecule has 0 aromatic heterocycles. The number of carbonyl (C=O) groups is 1. The van der Waals surface area contributed by atoms with Crippen molar-refractivity contribution in [1.29, 1.82) is 5.26 Å². The Kier molecular flexibility index (Phi) is 6.72. The van der Waals surface area contributed by atoms with Crippen LogP contribution in [0.2, 0.25) is 0 Å². The van der Waals surface area contributed by atoms with Crippen LogP contribution in [-0.2, 0) is 6.42 Å². The highest BCUT2D eigenvalue weighted by Gasteiger charge is 2.13. The van der Waals surface area contributed by atoms with Crippen molar-refractivity contribution in [1.82, 2.24) is 0 Å². The molecule has 3 rings (SSSR count). The van der Waals surface area contributed by atoms with E-state index in [2.05, 4.69) is 23.5 Å². The van der Waals surface area contributed by atoms with E-state index in [1.165, 1.54) is 17.3 Å². The topological polar surface area (TPSA) is 62.1 Å². The SMILES string of the molecule is COc1ccc(NC(=O)c2ccccc2SCC#N)cc1Cc1ccccc1. The normalized spacial score (nSPS) is 10.1. The Morgan fingerprint density at radius 1 is 1.07 bits per heavy atom. The van der Waals surface area contributed by atoms with E-state index in [9.17, 15) is 4.79 Å². The van der Waals surface area contributed by atoms with Crippen LogP contribution in [0.5, 0.6) is 5.75 Å². The lowest BCUT2D eigenvalue weighted by molar-refractivity contribution is 0.102. The molecule has 0 bridgehead atoms. The summed E-state index contributed by atoms with van der Waals surface area (Å²) in [4.78, 5) is 13.6. The van der Waals surface area contributed by atoms with Crippen molar-refractivity contribution in [2.45, 2.75) is 11.3 Å². The van der Waals surface area contributed by atoms with Gasteiger partial charge >= 0.3 is 0 Å². The number of thioether (sulfide) groups is 1. The summed E-state index contributed by atoms with van der Waals surface area (Å²) < 4.78 is 5.48. The zero-order valence-electron chi connectivity index (χ0n) is 15.5. The van der Waals surface area contributed by atoms with Gasteiger partial charge in [0.1, 0.15) is 5.75 Å². The van der Waals surface area contributed by atoms with E-state index in [4.69, 9.17) is 10.00 Å². The van der Waals surface area contributed by atoms with Gasteiger partial charge in [-0.2, -0.15) is 5.26 Å². The van der Waals surface area contributed by atoms with Crippen molar-refractivity contribution >= 4 is 23.4 Å². The molecule has 1 amide bonds. The number of ether oxygens (including phenoxy) is 1. The molecule has 3 aromatic carbocycles. The van der Waals surface area contributed by atoms with Crippen LogP contribution >= 0.6 is 11.8 Å². The number of nitrogens with zero attached hydrogens (tertiary/aromatic N) is 1. The van der Waals surface area contributed by atoms with Gasteiger partial charge < -0.3 is 10.1 Å². The average Bonchev–Trinajstić information content (AvgIpc) is 2.73. The first-order chi connectivity index (χ1) is 13.7. The standard InChI is InChI=1S/C23H20N2O2S/c1-27-21-12-11-19(16-18(21)15-17-7-3-2-4-8-17)25-23(26)20-9-5-6-10-22(20)28-14-13-24/h2-12,16H,14-15H2,1H3,(H,25,26). The molecule has 0 saturated heterocycles. The summed E-state index contributed by atoms with van der Waals surface area (Å²) >= 11 is 1.35. The van der Waals surface area contributed by atoms with Crippen LogP contribution in [-0.4, -0.2) is 18.8 Å².